The maximum absolute atomic E-state index is 13.5. The monoisotopic (exact) mass is 490 g/mol. The summed E-state index contributed by atoms with van der Waals surface area (Å²) in [7, 11) is 0. The molecule has 0 heterocycles. The molecule has 1 fully saturated rings. The standard InChI is InChI=1S/C24H34N4O5S/c1-24(2,3)33-23(32)27-19(15-34)22(31)28(13-12-25)20(16-8-7-11-18(29)14-16)21(30)26-17-9-5-4-6-10-17/h7-8,11,14,17,19-20,29,34H,4-6,9-10,13,15H2,1-3H3,(H,26,30)(H,27,32). The number of ether oxygens (including phenoxy) is 1. The molecule has 1 aliphatic carbocycles. The number of hydrogen-bond donors (Lipinski definition) is 4. The molecule has 2 unspecified atom stereocenters. The van der Waals surface area contributed by atoms with Crippen molar-refractivity contribution in [3.05, 3.63) is 29.8 Å². The summed E-state index contributed by atoms with van der Waals surface area (Å²) >= 11 is 4.19. The van der Waals surface area contributed by atoms with Gasteiger partial charge in [-0.05, 0) is 51.3 Å². The smallest absolute Gasteiger partial charge is 0.408 e. The largest absolute Gasteiger partial charge is 0.508 e. The molecule has 1 aromatic rings. The lowest BCUT2D eigenvalue weighted by Crippen LogP contribution is -2.54. The number of rotatable bonds is 8. The molecular formula is C24H34N4O5S. The zero-order valence-corrected chi connectivity index (χ0v) is 20.8. The van der Waals surface area contributed by atoms with E-state index >= 15 is 0 Å². The van der Waals surface area contributed by atoms with Gasteiger partial charge in [0.15, 0.2) is 0 Å². The predicted molar refractivity (Wildman–Crippen MR) is 130 cm³/mol. The predicted octanol–water partition coefficient (Wildman–Crippen LogP) is 3.06. The summed E-state index contributed by atoms with van der Waals surface area (Å²) in [5.74, 6) is -1.25. The number of nitrogens with zero attached hydrogens (tertiary/aromatic N) is 2. The zero-order valence-electron chi connectivity index (χ0n) is 19.9. The number of thiol groups is 1. The average molecular weight is 491 g/mol. The number of carbonyl (C=O) groups is 3. The fraction of sp³-hybridized carbons (Fsp3) is 0.583. The number of nitriles is 1. The Kier molecular flexibility index (Phi) is 10.1. The van der Waals surface area contributed by atoms with Crippen LogP contribution in [0.5, 0.6) is 5.75 Å². The second-order valence-electron chi connectivity index (χ2n) is 9.35. The molecule has 0 aromatic heterocycles. The van der Waals surface area contributed by atoms with Gasteiger partial charge in [0.25, 0.3) is 0 Å². The Morgan fingerprint density at radius 3 is 2.50 bits per heavy atom. The Hall–Kier alpha value is -2.93. The molecule has 1 aromatic carbocycles. The van der Waals surface area contributed by atoms with Crippen molar-refractivity contribution < 1.29 is 24.2 Å². The Balaban J connectivity index is 2.36. The van der Waals surface area contributed by atoms with Gasteiger partial charge in [-0.25, -0.2) is 4.79 Å². The van der Waals surface area contributed by atoms with Gasteiger partial charge in [-0.3, -0.25) is 9.59 Å². The fourth-order valence-electron chi connectivity index (χ4n) is 3.90. The molecule has 1 aliphatic rings. The molecule has 0 aliphatic heterocycles. The molecule has 0 radical (unpaired) electrons. The van der Waals surface area contributed by atoms with Crippen LogP contribution in [0.3, 0.4) is 0 Å². The van der Waals surface area contributed by atoms with Gasteiger partial charge in [0, 0.05) is 11.8 Å². The summed E-state index contributed by atoms with van der Waals surface area (Å²) in [6, 6.07) is 5.62. The number of aromatic hydroxyl groups is 1. The van der Waals surface area contributed by atoms with Crippen molar-refractivity contribution in [2.45, 2.75) is 76.6 Å². The third-order valence-electron chi connectivity index (χ3n) is 5.39. The molecule has 2 rings (SSSR count). The summed E-state index contributed by atoms with van der Waals surface area (Å²) in [5, 5.41) is 25.0. The highest BCUT2D eigenvalue weighted by Crippen LogP contribution is 2.27. The fourth-order valence-corrected chi connectivity index (χ4v) is 4.15. The number of amides is 3. The van der Waals surface area contributed by atoms with Crippen molar-refractivity contribution in [2.24, 2.45) is 0 Å². The molecule has 3 amide bonds. The summed E-state index contributed by atoms with van der Waals surface area (Å²) in [4.78, 5) is 40.3. The topological polar surface area (TPSA) is 132 Å². The Morgan fingerprint density at radius 1 is 1.26 bits per heavy atom. The minimum Gasteiger partial charge on any atom is -0.508 e. The van der Waals surface area contributed by atoms with Crippen LogP contribution in [0.25, 0.3) is 0 Å². The Bertz CT molecular complexity index is 905. The van der Waals surface area contributed by atoms with E-state index in [0.29, 0.717) is 5.56 Å². The van der Waals surface area contributed by atoms with E-state index in [0.717, 1.165) is 37.0 Å². The van der Waals surface area contributed by atoms with E-state index < -0.39 is 42.1 Å². The molecule has 10 heteroatoms. The summed E-state index contributed by atoms with van der Waals surface area (Å²) in [6.07, 6.45) is 3.99. The number of nitrogens with one attached hydrogen (secondary N) is 2. The molecule has 2 atom stereocenters. The molecule has 3 N–H and O–H groups in total. The summed E-state index contributed by atoms with van der Waals surface area (Å²) in [6.45, 7) is 4.68. The lowest BCUT2D eigenvalue weighted by atomic mass is 9.94. The quantitative estimate of drug-likeness (QED) is 0.327. The molecule has 34 heavy (non-hydrogen) atoms. The number of hydrogen-bond acceptors (Lipinski definition) is 7. The lowest BCUT2D eigenvalue weighted by molar-refractivity contribution is -0.141. The van der Waals surface area contributed by atoms with E-state index in [-0.39, 0.29) is 17.5 Å². The summed E-state index contributed by atoms with van der Waals surface area (Å²) < 4.78 is 5.24. The van der Waals surface area contributed by atoms with Gasteiger partial charge in [0.2, 0.25) is 11.8 Å². The first-order valence-corrected chi connectivity index (χ1v) is 12.1. The van der Waals surface area contributed by atoms with E-state index in [4.69, 9.17) is 4.74 Å². The van der Waals surface area contributed by atoms with Crippen LogP contribution in [-0.2, 0) is 14.3 Å². The Morgan fingerprint density at radius 2 is 1.94 bits per heavy atom. The van der Waals surface area contributed by atoms with Crippen molar-refractivity contribution >= 4 is 30.5 Å². The van der Waals surface area contributed by atoms with Crippen molar-refractivity contribution in [2.75, 3.05) is 12.3 Å². The van der Waals surface area contributed by atoms with Gasteiger partial charge in [-0.2, -0.15) is 17.9 Å². The second kappa shape index (κ2) is 12.5. The molecule has 1 saturated carbocycles. The van der Waals surface area contributed by atoms with E-state index in [2.05, 4.69) is 23.3 Å². The molecular weight excluding hydrogens is 456 g/mol. The van der Waals surface area contributed by atoms with E-state index in [1.54, 1.807) is 32.9 Å². The van der Waals surface area contributed by atoms with Crippen LogP contribution in [0.4, 0.5) is 4.79 Å². The van der Waals surface area contributed by atoms with Crippen molar-refractivity contribution in [3.8, 4) is 11.8 Å². The van der Waals surface area contributed by atoms with Crippen LogP contribution < -0.4 is 10.6 Å². The number of benzene rings is 1. The first-order chi connectivity index (χ1) is 16.1. The maximum Gasteiger partial charge on any atom is 0.408 e. The van der Waals surface area contributed by atoms with Gasteiger partial charge >= 0.3 is 6.09 Å². The third kappa shape index (κ3) is 8.13. The van der Waals surface area contributed by atoms with Crippen molar-refractivity contribution in [1.82, 2.24) is 15.5 Å². The molecule has 0 spiro atoms. The normalized spacial score (nSPS) is 16.0. The van der Waals surface area contributed by atoms with Crippen molar-refractivity contribution in [1.29, 1.82) is 5.26 Å². The van der Waals surface area contributed by atoms with Gasteiger partial charge in [0.05, 0.1) is 6.07 Å². The van der Waals surface area contributed by atoms with Crippen LogP contribution in [0.2, 0.25) is 0 Å². The van der Waals surface area contributed by atoms with Crippen LogP contribution in [-0.4, -0.2) is 57.9 Å². The van der Waals surface area contributed by atoms with Gasteiger partial charge in [-0.15, -0.1) is 0 Å². The minimum atomic E-state index is -1.18. The molecule has 186 valence electrons. The number of alkyl carbamates (subject to hydrolysis) is 1. The average Bonchev–Trinajstić information content (AvgIpc) is 2.76. The van der Waals surface area contributed by atoms with E-state index in [9.17, 15) is 24.8 Å². The maximum atomic E-state index is 13.5. The number of phenolic OH excluding ortho intramolecular Hbond substituents is 1. The molecule has 0 saturated heterocycles. The highest BCUT2D eigenvalue weighted by Gasteiger charge is 2.36. The highest BCUT2D eigenvalue weighted by atomic mass is 32.1. The van der Waals surface area contributed by atoms with Crippen LogP contribution in [0.15, 0.2) is 24.3 Å². The Labute approximate surface area is 206 Å². The lowest BCUT2D eigenvalue weighted by Gasteiger charge is -2.34. The zero-order chi connectivity index (χ0) is 25.3. The number of carbonyl (C=O) groups excluding carboxylic acids is 3. The van der Waals surface area contributed by atoms with Crippen LogP contribution in [0.1, 0.15) is 64.5 Å². The minimum absolute atomic E-state index is 0.0272. The van der Waals surface area contributed by atoms with Gasteiger partial charge in [-0.1, -0.05) is 31.4 Å². The first-order valence-electron chi connectivity index (χ1n) is 11.4. The van der Waals surface area contributed by atoms with Gasteiger partial charge < -0.3 is 25.4 Å². The molecule has 9 nitrogen and oxygen atoms in total. The van der Waals surface area contributed by atoms with Crippen LogP contribution >= 0.6 is 12.6 Å². The third-order valence-corrected chi connectivity index (χ3v) is 5.76. The summed E-state index contributed by atoms with van der Waals surface area (Å²) in [5.41, 5.74) is -0.419. The highest BCUT2D eigenvalue weighted by molar-refractivity contribution is 7.80. The van der Waals surface area contributed by atoms with E-state index in [1.807, 2.05) is 6.07 Å². The van der Waals surface area contributed by atoms with E-state index in [1.165, 1.54) is 12.1 Å². The van der Waals surface area contributed by atoms with Crippen LogP contribution in [0, 0.1) is 11.3 Å². The molecule has 0 bridgehead atoms. The number of phenols is 1. The SMILES string of the molecule is CC(C)(C)OC(=O)NC(CS)C(=O)N(CC#N)C(C(=O)NC1CCCCC1)c1cccc(O)c1. The van der Waals surface area contributed by atoms with Gasteiger partial charge in [0.1, 0.15) is 30.0 Å². The first kappa shape index (κ1) is 27.3. The van der Waals surface area contributed by atoms with Crippen molar-refractivity contribution in [3.63, 3.8) is 0 Å². The second-order valence-corrected chi connectivity index (χ2v) is 9.71.